The number of hydrogen-bond acceptors (Lipinski definition) is 1. The third-order valence-corrected chi connectivity index (χ3v) is 3.64. The van der Waals surface area contributed by atoms with E-state index in [1.54, 1.807) is 0 Å². The standard InChI is InChI=1S/C18H19ClO/c1-4-15-12-18(19)16(10-13(15)3)11-14-6-8-17(9-7-14)20-5-2/h4,6-10,12H,1,5,11H2,2-3H3. The SMILES string of the molecule is C=Cc1cc(Cl)c(Cc2ccc(OCC)cc2)cc1C. The Morgan fingerprint density at radius 2 is 1.90 bits per heavy atom. The van der Waals surface area contributed by atoms with Gasteiger partial charge in [0.25, 0.3) is 0 Å². The van der Waals surface area contributed by atoms with Crippen molar-refractivity contribution in [3.63, 3.8) is 0 Å². The molecule has 104 valence electrons. The monoisotopic (exact) mass is 286 g/mol. The van der Waals surface area contributed by atoms with Crippen molar-refractivity contribution in [2.45, 2.75) is 20.3 Å². The van der Waals surface area contributed by atoms with Gasteiger partial charge in [0.2, 0.25) is 0 Å². The topological polar surface area (TPSA) is 9.23 Å². The van der Waals surface area contributed by atoms with Crippen molar-refractivity contribution in [1.29, 1.82) is 0 Å². The van der Waals surface area contributed by atoms with Crippen molar-refractivity contribution in [3.8, 4) is 5.75 Å². The van der Waals surface area contributed by atoms with Crippen LogP contribution in [0.5, 0.6) is 5.75 Å². The van der Waals surface area contributed by atoms with E-state index in [1.165, 1.54) is 11.1 Å². The molecule has 0 fully saturated rings. The molecule has 1 nitrogen and oxygen atoms in total. The molecule has 2 heteroatoms. The van der Waals surface area contributed by atoms with E-state index in [4.69, 9.17) is 16.3 Å². The first-order valence-electron chi connectivity index (χ1n) is 6.77. The third-order valence-electron chi connectivity index (χ3n) is 3.28. The van der Waals surface area contributed by atoms with Crippen LogP contribution in [0.15, 0.2) is 43.0 Å². The van der Waals surface area contributed by atoms with Crippen LogP contribution >= 0.6 is 11.6 Å². The molecule has 0 radical (unpaired) electrons. The van der Waals surface area contributed by atoms with Crippen molar-refractivity contribution in [2.75, 3.05) is 6.61 Å². The van der Waals surface area contributed by atoms with Crippen molar-refractivity contribution in [1.82, 2.24) is 0 Å². The van der Waals surface area contributed by atoms with Gasteiger partial charge < -0.3 is 4.74 Å². The second-order valence-corrected chi connectivity index (χ2v) is 5.17. The second-order valence-electron chi connectivity index (χ2n) is 4.76. The van der Waals surface area contributed by atoms with Crippen LogP contribution in [0.25, 0.3) is 6.08 Å². The number of aryl methyl sites for hydroxylation is 1. The van der Waals surface area contributed by atoms with Crippen LogP contribution in [-0.2, 0) is 6.42 Å². The third kappa shape index (κ3) is 3.43. The van der Waals surface area contributed by atoms with Crippen molar-refractivity contribution >= 4 is 17.7 Å². The van der Waals surface area contributed by atoms with Gasteiger partial charge in [-0.1, -0.05) is 42.5 Å². The average Bonchev–Trinajstić information content (AvgIpc) is 2.45. The summed E-state index contributed by atoms with van der Waals surface area (Å²) < 4.78 is 5.45. The molecule has 2 rings (SSSR count). The van der Waals surface area contributed by atoms with Gasteiger partial charge in [0, 0.05) is 5.02 Å². The number of ether oxygens (including phenoxy) is 1. The quantitative estimate of drug-likeness (QED) is 0.726. The van der Waals surface area contributed by atoms with Crippen LogP contribution in [0.1, 0.15) is 29.2 Å². The maximum Gasteiger partial charge on any atom is 0.119 e. The number of benzene rings is 2. The summed E-state index contributed by atoms with van der Waals surface area (Å²) in [4.78, 5) is 0. The number of halogens is 1. The lowest BCUT2D eigenvalue weighted by Crippen LogP contribution is -1.94. The van der Waals surface area contributed by atoms with E-state index < -0.39 is 0 Å². The van der Waals surface area contributed by atoms with Gasteiger partial charge in [-0.2, -0.15) is 0 Å². The van der Waals surface area contributed by atoms with E-state index in [0.717, 1.165) is 28.3 Å². The van der Waals surface area contributed by atoms with E-state index in [1.807, 2.05) is 31.2 Å². The number of hydrogen-bond donors (Lipinski definition) is 0. The Hall–Kier alpha value is -1.73. The molecule has 0 spiro atoms. The summed E-state index contributed by atoms with van der Waals surface area (Å²) in [6.07, 6.45) is 2.66. The van der Waals surface area contributed by atoms with Gasteiger partial charge in [-0.3, -0.25) is 0 Å². The Labute approximate surface area is 125 Å². The molecule has 2 aromatic rings. The average molecular weight is 287 g/mol. The molecule has 0 aromatic heterocycles. The number of rotatable bonds is 5. The molecule has 0 aliphatic carbocycles. The first kappa shape index (κ1) is 14.7. The fraction of sp³-hybridized carbons (Fsp3) is 0.222. The molecule has 0 heterocycles. The van der Waals surface area contributed by atoms with Crippen LogP contribution in [-0.4, -0.2) is 6.61 Å². The summed E-state index contributed by atoms with van der Waals surface area (Å²) in [5.41, 5.74) is 4.65. The minimum atomic E-state index is 0.688. The Morgan fingerprint density at radius 1 is 1.20 bits per heavy atom. The largest absolute Gasteiger partial charge is 0.494 e. The highest BCUT2D eigenvalue weighted by Gasteiger charge is 2.05. The maximum absolute atomic E-state index is 6.34. The van der Waals surface area contributed by atoms with Gasteiger partial charge in [-0.15, -0.1) is 0 Å². The Balaban J connectivity index is 2.21. The molecule has 2 aromatic carbocycles. The van der Waals surface area contributed by atoms with Gasteiger partial charge in [0.05, 0.1) is 6.61 Å². The fourth-order valence-corrected chi connectivity index (χ4v) is 2.44. The lowest BCUT2D eigenvalue weighted by atomic mass is 9.99. The van der Waals surface area contributed by atoms with Gasteiger partial charge >= 0.3 is 0 Å². The minimum absolute atomic E-state index is 0.688. The summed E-state index contributed by atoms with van der Waals surface area (Å²) in [6, 6.07) is 12.3. The highest BCUT2D eigenvalue weighted by molar-refractivity contribution is 6.31. The smallest absolute Gasteiger partial charge is 0.119 e. The fourth-order valence-electron chi connectivity index (χ4n) is 2.20. The van der Waals surface area contributed by atoms with E-state index in [2.05, 4.69) is 31.7 Å². The lowest BCUT2D eigenvalue weighted by molar-refractivity contribution is 0.340. The second kappa shape index (κ2) is 6.62. The Bertz CT molecular complexity index is 600. The van der Waals surface area contributed by atoms with Crippen LogP contribution < -0.4 is 4.74 Å². The highest BCUT2D eigenvalue weighted by atomic mass is 35.5. The Kier molecular flexibility index (Phi) is 4.86. The van der Waals surface area contributed by atoms with Crippen LogP contribution in [0.3, 0.4) is 0 Å². The molecule has 0 amide bonds. The van der Waals surface area contributed by atoms with Crippen LogP contribution in [0.4, 0.5) is 0 Å². The molecule has 0 unspecified atom stereocenters. The Morgan fingerprint density at radius 3 is 2.50 bits per heavy atom. The molecular formula is C18H19ClO. The lowest BCUT2D eigenvalue weighted by Gasteiger charge is -2.10. The summed E-state index contributed by atoms with van der Waals surface area (Å²) >= 11 is 6.34. The predicted molar refractivity (Wildman–Crippen MR) is 86.7 cm³/mol. The van der Waals surface area contributed by atoms with Crippen LogP contribution in [0.2, 0.25) is 5.02 Å². The first-order chi connectivity index (χ1) is 9.63. The van der Waals surface area contributed by atoms with Gasteiger partial charge in [0.1, 0.15) is 5.75 Å². The van der Waals surface area contributed by atoms with Gasteiger partial charge in [-0.25, -0.2) is 0 Å². The molecule has 0 saturated heterocycles. The molecule has 0 saturated carbocycles. The summed E-state index contributed by atoms with van der Waals surface area (Å²) in [5.74, 6) is 0.903. The zero-order valence-electron chi connectivity index (χ0n) is 11.9. The molecule has 0 bridgehead atoms. The zero-order chi connectivity index (χ0) is 14.5. The molecule has 0 N–H and O–H groups in total. The van der Waals surface area contributed by atoms with Crippen molar-refractivity contribution < 1.29 is 4.74 Å². The van der Waals surface area contributed by atoms with Gasteiger partial charge in [0.15, 0.2) is 0 Å². The first-order valence-corrected chi connectivity index (χ1v) is 7.15. The van der Waals surface area contributed by atoms with E-state index in [9.17, 15) is 0 Å². The summed E-state index contributed by atoms with van der Waals surface area (Å²) in [6.45, 7) is 8.55. The minimum Gasteiger partial charge on any atom is -0.494 e. The molecule has 0 aliphatic heterocycles. The van der Waals surface area contributed by atoms with E-state index in [0.29, 0.717) is 6.61 Å². The van der Waals surface area contributed by atoms with Crippen LogP contribution in [0, 0.1) is 6.92 Å². The van der Waals surface area contributed by atoms with Crippen molar-refractivity contribution in [3.05, 3.63) is 70.3 Å². The molecule has 20 heavy (non-hydrogen) atoms. The van der Waals surface area contributed by atoms with Gasteiger partial charge in [-0.05, 0) is 60.7 Å². The molecular weight excluding hydrogens is 268 g/mol. The summed E-state index contributed by atoms with van der Waals surface area (Å²) in [5, 5.41) is 0.791. The van der Waals surface area contributed by atoms with Crippen molar-refractivity contribution in [2.24, 2.45) is 0 Å². The highest BCUT2D eigenvalue weighted by Crippen LogP contribution is 2.25. The molecule has 0 atom stereocenters. The predicted octanol–water partition coefficient (Wildman–Crippen LogP) is 5.28. The van der Waals surface area contributed by atoms with E-state index in [-0.39, 0.29) is 0 Å². The zero-order valence-corrected chi connectivity index (χ0v) is 12.7. The normalized spacial score (nSPS) is 10.3. The molecule has 0 aliphatic rings. The maximum atomic E-state index is 6.34. The summed E-state index contributed by atoms with van der Waals surface area (Å²) in [7, 11) is 0. The van der Waals surface area contributed by atoms with E-state index >= 15 is 0 Å².